The van der Waals surface area contributed by atoms with Gasteiger partial charge in [-0.1, -0.05) is 25.5 Å². The number of nitrogens with zero attached hydrogens (tertiary/aromatic N) is 1. The van der Waals surface area contributed by atoms with Crippen molar-refractivity contribution in [3.63, 3.8) is 0 Å². The van der Waals surface area contributed by atoms with Crippen LogP contribution in [0.15, 0.2) is 24.3 Å². The summed E-state index contributed by atoms with van der Waals surface area (Å²) < 4.78 is 5.81. The van der Waals surface area contributed by atoms with Crippen LogP contribution in [0.5, 0.6) is 5.75 Å². The van der Waals surface area contributed by atoms with Gasteiger partial charge in [0.25, 0.3) is 0 Å². The Hall–Kier alpha value is -1.06. The topological polar surface area (TPSA) is 38.5 Å². The van der Waals surface area contributed by atoms with Crippen LogP contribution < -0.4 is 10.5 Å². The molecule has 0 amide bonds. The normalized spacial score (nSPS) is 18.9. The van der Waals surface area contributed by atoms with Gasteiger partial charge < -0.3 is 10.5 Å². The minimum absolute atomic E-state index is 0.205. The molecule has 1 aromatic rings. The zero-order valence-corrected chi connectivity index (χ0v) is 13.7. The van der Waals surface area contributed by atoms with E-state index in [9.17, 15) is 0 Å². The number of hydrogen-bond acceptors (Lipinski definition) is 3. The zero-order chi connectivity index (χ0) is 15.2. The fourth-order valence-electron chi connectivity index (χ4n) is 3.24. The molecule has 118 valence electrons. The van der Waals surface area contributed by atoms with Gasteiger partial charge >= 0.3 is 0 Å². The van der Waals surface area contributed by atoms with E-state index in [1.807, 2.05) is 6.07 Å². The monoisotopic (exact) mass is 290 g/mol. The number of nitrogens with two attached hydrogens (primary N) is 1. The first-order chi connectivity index (χ1) is 10.1. The van der Waals surface area contributed by atoms with Crippen LogP contribution in [-0.2, 0) is 0 Å². The van der Waals surface area contributed by atoms with Crippen LogP contribution in [0.4, 0.5) is 0 Å². The first kappa shape index (κ1) is 16.3. The maximum Gasteiger partial charge on any atom is 0.120 e. The molecule has 1 unspecified atom stereocenters. The van der Waals surface area contributed by atoms with E-state index in [-0.39, 0.29) is 6.10 Å². The molecular formula is C18H30N2O. The van der Waals surface area contributed by atoms with E-state index in [1.165, 1.54) is 24.8 Å². The highest BCUT2D eigenvalue weighted by atomic mass is 16.5. The van der Waals surface area contributed by atoms with E-state index >= 15 is 0 Å². The highest BCUT2D eigenvalue weighted by Gasteiger charge is 2.24. The lowest BCUT2D eigenvalue weighted by Gasteiger charge is -2.37. The van der Waals surface area contributed by atoms with Crippen molar-refractivity contribution in [1.29, 1.82) is 0 Å². The number of ether oxygens (including phenoxy) is 1. The summed E-state index contributed by atoms with van der Waals surface area (Å²) in [5.41, 5.74) is 7.35. The molecule has 1 aliphatic rings. The Labute approximate surface area is 129 Å². The number of hydrogen-bond donors (Lipinski definition) is 1. The standard InChI is InChI=1S/C18H30N2O/c1-4-15-8-10-20(11-9-15)18(13-19)16-6-5-7-17(12-16)21-14(2)3/h5-7,12,14-15,18H,4,8-11,13,19H2,1-3H3. The van der Waals surface area contributed by atoms with Crippen LogP contribution in [0.3, 0.4) is 0 Å². The minimum atomic E-state index is 0.205. The Morgan fingerprint density at radius 2 is 2.00 bits per heavy atom. The quantitative estimate of drug-likeness (QED) is 0.870. The second kappa shape index (κ2) is 7.81. The van der Waals surface area contributed by atoms with Crippen LogP contribution >= 0.6 is 0 Å². The third-order valence-corrected chi connectivity index (χ3v) is 4.51. The molecule has 1 aromatic carbocycles. The molecule has 1 heterocycles. The predicted octanol–water partition coefficient (Wildman–Crippen LogP) is 3.60. The van der Waals surface area contributed by atoms with Crippen LogP contribution in [0, 0.1) is 5.92 Å². The molecule has 3 nitrogen and oxygen atoms in total. The molecule has 1 atom stereocenters. The van der Waals surface area contributed by atoms with Gasteiger partial charge in [0.15, 0.2) is 0 Å². The second-order valence-corrected chi connectivity index (χ2v) is 6.38. The van der Waals surface area contributed by atoms with E-state index in [1.54, 1.807) is 0 Å². The van der Waals surface area contributed by atoms with Crippen molar-refractivity contribution in [3.8, 4) is 5.75 Å². The Morgan fingerprint density at radius 3 is 2.57 bits per heavy atom. The number of benzene rings is 1. The third-order valence-electron chi connectivity index (χ3n) is 4.51. The van der Waals surface area contributed by atoms with E-state index < -0.39 is 0 Å². The van der Waals surface area contributed by atoms with Crippen molar-refractivity contribution >= 4 is 0 Å². The first-order valence-electron chi connectivity index (χ1n) is 8.34. The Bertz CT molecular complexity index is 425. The molecule has 1 fully saturated rings. The van der Waals surface area contributed by atoms with Crippen molar-refractivity contribution < 1.29 is 4.74 Å². The van der Waals surface area contributed by atoms with Gasteiger partial charge in [-0.3, -0.25) is 4.90 Å². The van der Waals surface area contributed by atoms with Crippen molar-refractivity contribution in [2.24, 2.45) is 11.7 Å². The van der Waals surface area contributed by atoms with E-state index in [2.05, 4.69) is 43.9 Å². The van der Waals surface area contributed by atoms with Crippen molar-refractivity contribution in [2.45, 2.75) is 52.2 Å². The molecule has 0 aromatic heterocycles. The highest BCUT2D eigenvalue weighted by Crippen LogP contribution is 2.29. The van der Waals surface area contributed by atoms with Crippen LogP contribution in [-0.4, -0.2) is 30.6 Å². The smallest absolute Gasteiger partial charge is 0.120 e. The maximum absolute atomic E-state index is 6.07. The summed E-state index contributed by atoms with van der Waals surface area (Å²) in [5, 5.41) is 0. The fourth-order valence-corrected chi connectivity index (χ4v) is 3.24. The molecule has 3 heteroatoms. The van der Waals surface area contributed by atoms with Gasteiger partial charge in [0.2, 0.25) is 0 Å². The van der Waals surface area contributed by atoms with Gasteiger partial charge in [0, 0.05) is 12.6 Å². The lowest BCUT2D eigenvalue weighted by atomic mass is 9.92. The van der Waals surface area contributed by atoms with E-state index in [0.29, 0.717) is 12.6 Å². The van der Waals surface area contributed by atoms with Gasteiger partial charge in [-0.2, -0.15) is 0 Å². The molecular weight excluding hydrogens is 260 g/mol. The van der Waals surface area contributed by atoms with Gasteiger partial charge in [-0.05, 0) is 63.4 Å². The minimum Gasteiger partial charge on any atom is -0.491 e. The number of piperidine rings is 1. The molecule has 0 radical (unpaired) electrons. The summed E-state index contributed by atoms with van der Waals surface area (Å²) >= 11 is 0. The molecule has 0 saturated carbocycles. The largest absolute Gasteiger partial charge is 0.491 e. The summed E-state index contributed by atoms with van der Waals surface area (Å²) in [6.07, 6.45) is 4.11. The summed E-state index contributed by atoms with van der Waals surface area (Å²) in [5.74, 6) is 1.85. The SMILES string of the molecule is CCC1CCN(C(CN)c2cccc(OC(C)C)c2)CC1. The van der Waals surface area contributed by atoms with Crippen LogP contribution in [0.1, 0.15) is 51.6 Å². The van der Waals surface area contributed by atoms with Gasteiger partial charge in [0.05, 0.1) is 6.10 Å². The number of rotatable bonds is 6. The van der Waals surface area contributed by atoms with Gasteiger partial charge in [0.1, 0.15) is 5.75 Å². The lowest BCUT2D eigenvalue weighted by molar-refractivity contribution is 0.133. The first-order valence-corrected chi connectivity index (χ1v) is 8.34. The molecule has 1 aliphatic heterocycles. The van der Waals surface area contributed by atoms with Crippen LogP contribution in [0.2, 0.25) is 0 Å². The summed E-state index contributed by atoms with van der Waals surface area (Å²) in [4.78, 5) is 2.54. The van der Waals surface area contributed by atoms with Crippen molar-refractivity contribution in [1.82, 2.24) is 4.90 Å². The highest BCUT2D eigenvalue weighted by molar-refractivity contribution is 5.31. The van der Waals surface area contributed by atoms with E-state index in [0.717, 1.165) is 24.8 Å². The van der Waals surface area contributed by atoms with Crippen LogP contribution in [0.25, 0.3) is 0 Å². The Balaban J connectivity index is 2.07. The zero-order valence-electron chi connectivity index (χ0n) is 13.7. The average Bonchev–Trinajstić information content (AvgIpc) is 2.48. The predicted molar refractivity (Wildman–Crippen MR) is 88.6 cm³/mol. The molecule has 0 spiro atoms. The average molecular weight is 290 g/mol. The summed E-state index contributed by atoms with van der Waals surface area (Å²) in [6.45, 7) is 9.41. The third kappa shape index (κ3) is 4.45. The molecule has 21 heavy (non-hydrogen) atoms. The number of likely N-dealkylation sites (tertiary alicyclic amines) is 1. The Kier molecular flexibility index (Phi) is 6.07. The van der Waals surface area contributed by atoms with E-state index in [4.69, 9.17) is 10.5 Å². The fraction of sp³-hybridized carbons (Fsp3) is 0.667. The summed E-state index contributed by atoms with van der Waals surface area (Å²) in [6, 6.07) is 8.76. The van der Waals surface area contributed by atoms with Crippen molar-refractivity contribution in [3.05, 3.63) is 29.8 Å². The molecule has 1 saturated heterocycles. The molecule has 0 bridgehead atoms. The Morgan fingerprint density at radius 1 is 1.29 bits per heavy atom. The lowest BCUT2D eigenvalue weighted by Crippen LogP contribution is -2.39. The summed E-state index contributed by atoms with van der Waals surface area (Å²) in [7, 11) is 0. The second-order valence-electron chi connectivity index (χ2n) is 6.38. The van der Waals surface area contributed by atoms with Gasteiger partial charge in [-0.15, -0.1) is 0 Å². The van der Waals surface area contributed by atoms with Crippen molar-refractivity contribution in [2.75, 3.05) is 19.6 Å². The van der Waals surface area contributed by atoms with Gasteiger partial charge in [-0.25, -0.2) is 0 Å². The molecule has 2 N–H and O–H groups in total. The maximum atomic E-state index is 6.07. The molecule has 0 aliphatic carbocycles. The molecule has 2 rings (SSSR count).